The molecular weight excluding hydrogens is 446 g/mol. The van der Waals surface area contributed by atoms with Gasteiger partial charge in [0.25, 0.3) is 5.91 Å². The zero-order chi connectivity index (χ0) is 21.5. The first-order valence-electron chi connectivity index (χ1n) is 9.31. The van der Waals surface area contributed by atoms with Crippen molar-refractivity contribution in [3.63, 3.8) is 0 Å². The lowest BCUT2D eigenvalue weighted by Crippen LogP contribution is -2.45. The minimum atomic E-state index is -0.355. The molecule has 1 aromatic heterocycles. The number of nitrogens with one attached hydrogen (secondary N) is 1. The highest BCUT2D eigenvalue weighted by Crippen LogP contribution is 2.26. The number of anilines is 1. The molecule has 0 atom stereocenters. The summed E-state index contributed by atoms with van der Waals surface area (Å²) >= 11 is 3.40. The molecular formula is C22H20BrN5O2. The number of amides is 1. The molecule has 0 aliphatic carbocycles. The Bertz CT molecular complexity index is 1070. The van der Waals surface area contributed by atoms with Crippen LogP contribution in [0.25, 0.3) is 0 Å². The van der Waals surface area contributed by atoms with Gasteiger partial charge in [0.1, 0.15) is 17.6 Å². The van der Waals surface area contributed by atoms with Gasteiger partial charge in [0.2, 0.25) is 5.82 Å². The average Bonchev–Trinajstić information content (AvgIpc) is 2.74. The summed E-state index contributed by atoms with van der Waals surface area (Å²) in [5.41, 5.74) is 3.26. The van der Waals surface area contributed by atoms with E-state index in [0.29, 0.717) is 33.9 Å². The number of benzene rings is 2. The van der Waals surface area contributed by atoms with E-state index in [2.05, 4.69) is 31.3 Å². The fourth-order valence-corrected chi connectivity index (χ4v) is 3.10. The smallest absolute Gasteiger partial charge is 0.273 e. The van der Waals surface area contributed by atoms with Crippen LogP contribution in [-0.2, 0) is 0 Å². The molecule has 152 valence electrons. The van der Waals surface area contributed by atoms with Crippen LogP contribution in [-0.4, -0.2) is 22.4 Å². The SMILES string of the molecule is CC(C)CN(NC(=O)c1ccccc1Oc1ccccc1)c1nc(C#N)ncc1Br. The van der Waals surface area contributed by atoms with Gasteiger partial charge in [-0.05, 0) is 46.1 Å². The van der Waals surface area contributed by atoms with Gasteiger partial charge in [0.15, 0.2) is 5.82 Å². The molecule has 0 bridgehead atoms. The first-order valence-corrected chi connectivity index (χ1v) is 10.1. The summed E-state index contributed by atoms with van der Waals surface area (Å²) in [6, 6.07) is 18.2. The van der Waals surface area contributed by atoms with Crippen molar-refractivity contribution < 1.29 is 9.53 Å². The van der Waals surface area contributed by atoms with Crippen molar-refractivity contribution in [2.45, 2.75) is 13.8 Å². The summed E-state index contributed by atoms with van der Waals surface area (Å²) < 4.78 is 6.47. The molecule has 0 unspecified atom stereocenters. The molecule has 0 aliphatic rings. The number of nitriles is 1. The van der Waals surface area contributed by atoms with Gasteiger partial charge in [-0.2, -0.15) is 10.2 Å². The number of ether oxygens (including phenoxy) is 1. The number of hydrogen-bond donors (Lipinski definition) is 1. The van der Waals surface area contributed by atoms with E-state index in [4.69, 9.17) is 10.00 Å². The van der Waals surface area contributed by atoms with Crippen LogP contribution in [0.1, 0.15) is 30.0 Å². The summed E-state index contributed by atoms with van der Waals surface area (Å²) in [7, 11) is 0. The molecule has 1 N–H and O–H groups in total. The molecule has 3 aromatic rings. The van der Waals surface area contributed by atoms with Crippen LogP contribution in [0.4, 0.5) is 5.82 Å². The number of carbonyl (C=O) groups excluding carboxylic acids is 1. The average molecular weight is 466 g/mol. The minimum absolute atomic E-state index is 0.0176. The van der Waals surface area contributed by atoms with E-state index < -0.39 is 0 Å². The fraction of sp³-hybridized carbons (Fsp3) is 0.182. The van der Waals surface area contributed by atoms with Crippen LogP contribution in [0.2, 0.25) is 0 Å². The fourth-order valence-electron chi connectivity index (χ4n) is 2.69. The van der Waals surface area contributed by atoms with E-state index in [1.807, 2.05) is 50.2 Å². The van der Waals surface area contributed by atoms with Crippen molar-refractivity contribution in [1.29, 1.82) is 5.26 Å². The summed E-state index contributed by atoms with van der Waals surface area (Å²) in [5.74, 6) is 1.35. The normalized spacial score (nSPS) is 10.4. The topological polar surface area (TPSA) is 91.1 Å². The lowest BCUT2D eigenvalue weighted by atomic mass is 10.2. The second-order valence-electron chi connectivity index (χ2n) is 6.83. The lowest BCUT2D eigenvalue weighted by molar-refractivity contribution is 0.0945. The number of hydrazine groups is 1. The van der Waals surface area contributed by atoms with E-state index in [1.54, 1.807) is 29.3 Å². The van der Waals surface area contributed by atoms with Gasteiger partial charge in [0, 0.05) is 12.7 Å². The summed E-state index contributed by atoms with van der Waals surface area (Å²) in [6.07, 6.45) is 1.49. The molecule has 1 amide bonds. The summed E-state index contributed by atoms with van der Waals surface area (Å²) in [5, 5.41) is 10.8. The van der Waals surface area contributed by atoms with Crippen molar-refractivity contribution in [3.05, 3.63) is 76.7 Å². The van der Waals surface area contributed by atoms with Crippen molar-refractivity contribution in [1.82, 2.24) is 15.4 Å². The number of hydrogen-bond acceptors (Lipinski definition) is 6. The maximum absolute atomic E-state index is 13.1. The molecule has 0 saturated heterocycles. The van der Waals surface area contributed by atoms with E-state index >= 15 is 0 Å². The van der Waals surface area contributed by atoms with Crippen molar-refractivity contribution in [3.8, 4) is 17.6 Å². The highest BCUT2D eigenvalue weighted by molar-refractivity contribution is 9.10. The number of halogens is 1. The largest absolute Gasteiger partial charge is 0.457 e. The molecule has 3 rings (SSSR count). The second kappa shape index (κ2) is 9.85. The van der Waals surface area contributed by atoms with Crippen molar-refractivity contribution in [2.75, 3.05) is 11.6 Å². The molecule has 8 heteroatoms. The Labute approximate surface area is 183 Å². The van der Waals surface area contributed by atoms with E-state index in [-0.39, 0.29) is 17.6 Å². The van der Waals surface area contributed by atoms with Crippen molar-refractivity contribution in [2.24, 2.45) is 5.92 Å². The number of carbonyl (C=O) groups is 1. The highest BCUT2D eigenvalue weighted by Gasteiger charge is 2.20. The van der Waals surface area contributed by atoms with Crippen LogP contribution in [0.15, 0.2) is 65.3 Å². The van der Waals surface area contributed by atoms with Gasteiger partial charge in [0.05, 0.1) is 10.0 Å². The molecule has 0 spiro atoms. The van der Waals surface area contributed by atoms with Crippen LogP contribution in [0.3, 0.4) is 0 Å². The van der Waals surface area contributed by atoms with Gasteiger partial charge in [-0.15, -0.1) is 0 Å². The summed E-state index contributed by atoms with van der Waals surface area (Å²) in [6.45, 7) is 4.52. The van der Waals surface area contributed by atoms with E-state index in [0.717, 1.165) is 0 Å². The van der Waals surface area contributed by atoms with Crippen LogP contribution < -0.4 is 15.2 Å². The Kier molecular flexibility index (Phi) is 6.99. The molecule has 0 fully saturated rings. The third-order valence-electron chi connectivity index (χ3n) is 3.97. The van der Waals surface area contributed by atoms with Crippen LogP contribution in [0, 0.1) is 17.2 Å². The predicted molar refractivity (Wildman–Crippen MR) is 117 cm³/mol. The lowest BCUT2D eigenvalue weighted by Gasteiger charge is -2.27. The number of rotatable bonds is 7. The number of aromatic nitrogens is 2. The Morgan fingerprint density at radius 1 is 1.20 bits per heavy atom. The maximum atomic E-state index is 13.1. The minimum Gasteiger partial charge on any atom is -0.457 e. The number of para-hydroxylation sites is 2. The summed E-state index contributed by atoms with van der Waals surface area (Å²) in [4.78, 5) is 21.3. The monoisotopic (exact) mass is 465 g/mol. The third kappa shape index (κ3) is 5.33. The van der Waals surface area contributed by atoms with E-state index in [1.165, 1.54) is 6.20 Å². The highest BCUT2D eigenvalue weighted by atomic mass is 79.9. The molecule has 0 radical (unpaired) electrons. The molecule has 0 aliphatic heterocycles. The second-order valence-corrected chi connectivity index (χ2v) is 7.69. The Hall–Kier alpha value is -3.44. The first-order chi connectivity index (χ1) is 14.5. The third-order valence-corrected chi connectivity index (χ3v) is 4.53. The molecule has 7 nitrogen and oxygen atoms in total. The van der Waals surface area contributed by atoms with Gasteiger partial charge in [-0.1, -0.05) is 44.2 Å². The van der Waals surface area contributed by atoms with Crippen LogP contribution in [0.5, 0.6) is 11.5 Å². The predicted octanol–water partition coefficient (Wildman–Crippen LogP) is 4.71. The van der Waals surface area contributed by atoms with Gasteiger partial charge < -0.3 is 4.74 Å². The zero-order valence-electron chi connectivity index (χ0n) is 16.5. The zero-order valence-corrected chi connectivity index (χ0v) is 18.1. The van der Waals surface area contributed by atoms with Crippen LogP contribution >= 0.6 is 15.9 Å². The molecule has 1 heterocycles. The maximum Gasteiger partial charge on any atom is 0.273 e. The van der Waals surface area contributed by atoms with E-state index in [9.17, 15) is 4.79 Å². The molecule has 30 heavy (non-hydrogen) atoms. The Morgan fingerprint density at radius 2 is 1.90 bits per heavy atom. The Morgan fingerprint density at radius 3 is 2.60 bits per heavy atom. The first kappa shape index (κ1) is 21.3. The van der Waals surface area contributed by atoms with Gasteiger partial charge >= 0.3 is 0 Å². The molecule has 0 saturated carbocycles. The van der Waals surface area contributed by atoms with Gasteiger partial charge in [-0.25, -0.2) is 4.98 Å². The Balaban J connectivity index is 1.90. The quantitative estimate of drug-likeness (QED) is 0.507. The standard InChI is InChI=1S/C22H20BrN5O2/c1-15(2)14-28(21-18(23)13-25-20(12-24)26-21)27-22(29)17-10-6-7-11-19(17)30-16-8-4-3-5-9-16/h3-11,13,15H,14H2,1-2H3,(H,27,29). The van der Waals surface area contributed by atoms with Gasteiger partial charge in [-0.3, -0.25) is 15.2 Å². The number of nitrogens with zero attached hydrogens (tertiary/aromatic N) is 4. The molecule has 2 aromatic carbocycles. The van der Waals surface area contributed by atoms with Crippen molar-refractivity contribution >= 4 is 27.7 Å².